The Morgan fingerprint density at radius 2 is 1.77 bits per heavy atom. The van der Waals surface area contributed by atoms with Crippen molar-refractivity contribution in [2.75, 3.05) is 24.7 Å². The van der Waals surface area contributed by atoms with E-state index in [0.717, 1.165) is 59.4 Å². The van der Waals surface area contributed by atoms with Crippen LogP contribution in [-0.2, 0) is 26.6 Å². The number of amides is 1. The van der Waals surface area contributed by atoms with Gasteiger partial charge in [0.15, 0.2) is 0 Å². The lowest BCUT2D eigenvalue weighted by Crippen LogP contribution is -2.47. The summed E-state index contributed by atoms with van der Waals surface area (Å²) in [5.74, 6) is -0.629. The van der Waals surface area contributed by atoms with Crippen LogP contribution >= 0.6 is 0 Å². The molecule has 1 saturated heterocycles. The van der Waals surface area contributed by atoms with Crippen LogP contribution in [0.4, 0.5) is 5.69 Å². The molecule has 0 atom stereocenters. The molecule has 0 bridgehead atoms. The highest BCUT2D eigenvalue weighted by Crippen LogP contribution is 2.49. The highest BCUT2D eigenvalue weighted by Gasteiger charge is 2.56. The topological polar surface area (TPSA) is 48.0 Å². The van der Waals surface area contributed by atoms with Crippen molar-refractivity contribution in [1.82, 2.24) is 0 Å². The smallest absolute Gasteiger partial charge is 0.292 e. The van der Waals surface area contributed by atoms with Crippen LogP contribution in [0.25, 0.3) is 0 Å². The number of anilines is 1. The Balaban J connectivity index is 1.68. The fourth-order valence-corrected chi connectivity index (χ4v) is 4.38. The van der Waals surface area contributed by atoms with E-state index in [2.05, 4.69) is 13.0 Å². The number of para-hydroxylation sites is 1. The molecule has 0 aliphatic carbocycles. The molecule has 2 aliphatic heterocycles. The summed E-state index contributed by atoms with van der Waals surface area (Å²) in [4.78, 5) is 15.5. The molecule has 0 saturated carbocycles. The van der Waals surface area contributed by atoms with Gasteiger partial charge in [0, 0.05) is 11.1 Å². The van der Waals surface area contributed by atoms with Gasteiger partial charge in [0.1, 0.15) is 5.75 Å². The van der Waals surface area contributed by atoms with Crippen LogP contribution in [0.3, 0.4) is 0 Å². The molecule has 2 aromatic carbocycles. The molecule has 0 unspecified atom stereocenters. The van der Waals surface area contributed by atoms with Gasteiger partial charge in [-0.25, -0.2) is 0 Å². The molecule has 2 aliphatic rings. The average molecular weight is 410 g/mol. The number of benzene rings is 2. The highest BCUT2D eigenvalue weighted by atomic mass is 16.7. The standard InChI is InChI=1S/C25H31NO4/c1-4-5-8-14-28-21-11-7-6-10-20(21)17-26-23-19(3)13-12-18(2)22(23)25(24(26)27)29-15-9-16-30-25/h6-7,10-13H,4-5,8-9,14-17H2,1-3H3. The van der Waals surface area contributed by atoms with E-state index in [4.69, 9.17) is 14.2 Å². The van der Waals surface area contributed by atoms with Crippen molar-refractivity contribution >= 4 is 11.6 Å². The Morgan fingerprint density at radius 1 is 1.03 bits per heavy atom. The molecular weight excluding hydrogens is 378 g/mol. The number of carbonyl (C=O) groups excluding carboxylic acids is 1. The number of rotatable bonds is 7. The van der Waals surface area contributed by atoms with Gasteiger partial charge in [0.25, 0.3) is 11.7 Å². The van der Waals surface area contributed by atoms with E-state index >= 15 is 0 Å². The number of nitrogens with zero attached hydrogens (tertiary/aromatic N) is 1. The zero-order valence-corrected chi connectivity index (χ0v) is 18.2. The SMILES string of the molecule is CCCCCOc1ccccc1CN1C(=O)C2(OCCCO2)c2c(C)ccc(C)c21. The van der Waals surface area contributed by atoms with Gasteiger partial charge in [-0.3, -0.25) is 4.79 Å². The van der Waals surface area contributed by atoms with Gasteiger partial charge in [-0.15, -0.1) is 0 Å². The van der Waals surface area contributed by atoms with Crippen LogP contribution < -0.4 is 9.64 Å². The number of unbranched alkanes of at least 4 members (excludes halogenated alkanes) is 2. The largest absolute Gasteiger partial charge is 0.493 e. The van der Waals surface area contributed by atoms with Crippen molar-refractivity contribution in [3.63, 3.8) is 0 Å². The van der Waals surface area contributed by atoms with E-state index in [9.17, 15) is 4.79 Å². The van der Waals surface area contributed by atoms with Crippen LogP contribution in [0.2, 0.25) is 0 Å². The van der Waals surface area contributed by atoms with Crippen molar-refractivity contribution in [3.05, 3.63) is 58.7 Å². The summed E-state index contributed by atoms with van der Waals surface area (Å²) in [6.45, 7) is 8.38. The van der Waals surface area contributed by atoms with E-state index in [1.807, 2.05) is 49.1 Å². The van der Waals surface area contributed by atoms with Crippen molar-refractivity contribution in [1.29, 1.82) is 0 Å². The van der Waals surface area contributed by atoms with Crippen LogP contribution in [-0.4, -0.2) is 25.7 Å². The summed E-state index contributed by atoms with van der Waals surface area (Å²) in [6, 6.07) is 12.1. The van der Waals surface area contributed by atoms with Gasteiger partial charge >= 0.3 is 0 Å². The van der Waals surface area contributed by atoms with E-state index in [0.29, 0.717) is 26.4 Å². The molecule has 1 fully saturated rings. The van der Waals surface area contributed by atoms with Crippen molar-refractivity contribution in [3.8, 4) is 5.75 Å². The molecule has 5 heteroatoms. The summed E-state index contributed by atoms with van der Waals surface area (Å²) in [5.41, 5.74) is 4.80. The first-order valence-corrected chi connectivity index (χ1v) is 11.0. The first-order valence-electron chi connectivity index (χ1n) is 11.0. The van der Waals surface area contributed by atoms with Crippen LogP contribution in [0.5, 0.6) is 5.75 Å². The monoisotopic (exact) mass is 409 g/mol. The van der Waals surface area contributed by atoms with Crippen LogP contribution in [0, 0.1) is 13.8 Å². The van der Waals surface area contributed by atoms with E-state index in [1.165, 1.54) is 0 Å². The van der Waals surface area contributed by atoms with Gasteiger partial charge in [0.2, 0.25) is 0 Å². The Hall–Kier alpha value is -2.37. The molecule has 30 heavy (non-hydrogen) atoms. The molecule has 1 amide bonds. The summed E-state index contributed by atoms with van der Waals surface area (Å²) in [7, 11) is 0. The lowest BCUT2D eigenvalue weighted by molar-refractivity contribution is -0.257. The summed E-state index contributed by atoms with van der Waals surface area (Å²) in [5, 5.41) is 0. The quantitative estimate of drug-likeness (QED) is 0.603. The lowest BCUT2D eigenvalue weighted by atomic mass is 9.97. The Morgan fingerprint density at radius 3 is 2.53 bits per heavy atom. The number of ether oxygens (including phenoxy) is 3. The van der Waals surface area contributed by atoms with E-state index in [-0.39, 0.29) is 5.91 Å². The third kappa shape index (κ3) is 3.61. The molecule has 2 heterocycles. The maximum Gasteiger partial charge on any atom is 0.292 e. The molecule has 5 nitrogen and oxygen atoms in total. The average Bonchev–Trinajstić information content (AvgIpc) is 2.99. The minimum absolute atomic E-state index is 0.143. The van der Waals surface area contributed by atoms with Crippen molar-refractivity contribution in [2.45, 2.75) is 58.8 Å². The van der Waals surface area contributed by atoms with E-state index in [1.54, 1.807) is 0 Å². The molecule has 0 radical (unpaired) electrons. The predicted molar refractivity (Wildman–Crippen MR) is 117 cm³/mol. The molecule has 2 aromatic rings. The lowest BCUT2D eigenvalue weighted by Gasteiger charge is -2.33. The van der Waals surface area contributed by atoms with Gasteiger partial charge in [-0.2, -0.15) is 0 Å². The maximum absolute atomic E-state index is 13.7. The minimum Gasteiger partial charge on any atom is -0.493 e. The first-order chi connectivity index (χ1) is 14.6. The Labute approximate surface area is 178 Å². The maximum atomic E-state index is 13.7. The van der Waals surface area contributed by atoms with Gasteiger partial charge in [0.05, 0.1) is 32.1 Å². The number of hydrogen-bond donors (Lipinski definition) is 0. The van der Waals surface area contributed by atoms with Crippen molar-refractivity contribution in [2.24, 2.45) is 0 Å². The zero-order valence-electron chi connectivity index (χ0n) is 18.2. The second kappa shape index (κ2) is 8.78. The third-order valence-corrected chi connectivity index (χ3v) is 5.92. The summed E-state index contributed by atoms with van der Waals surface area (Å²) < 4.78 is 18.2. The zero-order chi connectivity index (χ0) is 21.1. The third-order valence-electron chi connectivity index (χ3n) is 5.92. The molecule has 4 rings (SSSR count). The molecular formula is C25H31NO4. The number of carbonyl (C=O) groups is 1. The molecule has 0 aromatic heterocycles. The molecule has 0 N–H and O–H groups in total. The summed E-state index contributed by atoms with van der Waals surface area (Å²) in [6.07, 6.45) is 4.13. The normalized spacial score (nSPS) is 17.4. The van der Waals surface area contributed by atoms with E-state index < -0.39 is 5.79 Å². The van der Waals surface area contributed by atoms with Crippen LogP contribution in [0.15, 0.2) is 36.4 Å². The second-order valence-corrected chi connectivity index (χ2v) is 8.14. The fraction of sp³-hybridized carbons (Fsp3) is 0.480. The fourth-order valence-electron chi connectivity index (χ4n) is 4.38. The highest BCUT2D eigenvalue weighted by molar-refractivity contribution is 6.07. The predicted octanol–water partition coefficient (Wildman–Crippen LogP) is 5.01. The summed E-state index contributed by atoms with van der Waals surface area (Å²) >= 11 is 0. The Kier molecular flexibility index (Phi) is 6.11. The van der Waals surface area contributed by atoms with Crippen LogP contribution in [0.1, 0.15) is 54.9 Å². The Bertz CT molecular complexity index is 917. The van der Waals surface area contributed by atoms with Gasteiger partial charge < -0.3 is 19.1 Å². The second-order valence-electron chi connectivity index (χ2n) is 8.14. The molecule has 160 valence electrons. The molecule has 1 spiro atoms. The minimum atomic E-state index is -1.32. The number of fused-ring (bicyclic) bond motifs is 2. The number of aryl methyl sites for hydroxylation is 2. The van der Waals surface area contributed by atoms with Crippen molar-refractivity contribution < 1.29 is 19.0 Å². The van der Waals surface area contributed by atoms with Gasteiger partial charge in [-0.1, -0.05) is 50.1 Å². The first kappa shape index (κ1) is 20.9. The number of hydrogen-bond acceptors (Lipinski definition) is 4. The van der Waals surface area contributed by atoms with Gasteiger partial charge in [-0.05, 0) is 43.9 Å².